The molecule has 5 nitrogen and oxygen atoms in total. The third-order valence-corrected chi connectivity index (χ3v) is 7.17. The Morgan fingerprint density at radius 3 is 2.39 bits per heavy atom. The Morgan fingerprint density at radius 2 is 1.65 bits per heavy atom. The van der Waals surface area contributed by atoms with Gasteiger partial charge in [-0.2, -0.15) is 0 Å². The van der Waals surface area contributed by atoms with Crippen molar-refractivity contribution in [2.45, 2.75) is 19.3 Å². The van der Waals surface area contributed by atoms with E-state index in [9.17, 15) is 14.0 Å². The van der Waals surface area contributed by atoms with Gasteiger partial charge in [-0.3, -0.25) is 24.3 Å². The van der Waals surface area contributed by atoms with Crippen molar-refractivity contribution in [3.05, 3.63) is 64.8 Å². The van der Waals surface area contributed by atoms with Crippen molar-refractivity contribution in [2.24, 2.45) is 0 Å². The molecule has 0 unspecified atom stereocenters. The second-order valence-corrected chi connectivity index (χ2v) is 9.40. The lowest BCUT2D eigenvalue weighted by Crippen LogP contribution is -2.42. The second kappa shape index (κ2) is 8.18. The molecule has 0 aliphatic carbocycles. The van der Waals surface area contributed by atoms with Crippen molar-refractivity contribution in [2.75, 3.05) is 29.6 Å². The van der Waals surface area contributed by atoms with Crippen LogP contribution in [0.25, 0.3) is 5.57 Å². The molecular weight excluding hydrogens is 433 g/mol. The monoisotopic (exact) mass is 453 g/mol. The first-order valence-corrected chi connectivity index (χ1v) is 11.5. The molecule has 0 spiro atoms. The number of thiocarbonyl (C=S) groups is 1. The number of fused-ring (bicyclic) bond motifs is 1. The highest BCUT2D eigenvalue weighted by atomic mass is 32.2. The van der Waals surface area contributed by atoms with E-state index in [1.54, 1.807) is 4.90 Å². The van der Waals surface area contributed by atoms with Gasteiger partial charge >= 0.3 is 0 Å². The number of thioether (sulfide) groups is 1. The van der Waals surface area contributed by atoms with Crippen molar-refractivity contribution < 1.29 is 14.0 Å². The van der Waals surface area contributed by atoms with Gasteiger partial charge in [0.05, 0.1) is 28.5 Å². The number of piperidine rings is 1. The van der Waals surface area contributed by atoms with Crippen LogP contribution < -0.4 is 9.80 Å². The van der Waals surface area contributed by atoms with E-state index in [2.05, 4.69) is 4.90 Å². The lowest BCUT2D eigenvalue weighted by Gasteiger charge is -2.30. The van der Waals surface area contributed by atoms with E-state index < -0.39 is 0 Å². The number of nitrogens with zero attached hydrogens (tertiary/aromatic N) is 3. The Labute approximate surface area is 189 Å². The largest absolute Gasteiger partial charge is 0.294 e. The average Bonchev–Trinajstić information content (AvgIpc) is 3.22. The predicted octanol–water partition coefficient (Wildman–Crippen LogP) is 4.39. The van der Waals surface area contributed by atoms with Crippen molar-refractivity contribution in [3.63, 3.8) is 0 Å². The first-order chi connectivity index (χ1) is 15.0. The Balaban J connectivity index is 1.53. The molecule has 0 radical (unpaired) electrons. The summed E-state index contributed by atoms with van der Waals surface area (Å²) in [5, 5.41) is 0. The minimum absolute atomic E-state index is 0.175. The Bertz CT molecular complexity index is 1110. The zero-order valence-electron chi connectivity index (χ0n) is 16.7. The minimum Gasteiger partial charge on any atom is -0.294 e. The number of halogens is 1. The summed E-state index contributed by atoms with van der Waals surface area (Å²) >= 11 is 6.58. The Hall–Kier alpha value is -2.55. The van der Waals surface area contributed by atoms with Gasteiger partial charge in [-0.15, -0.1) is 0 Å². The SMILES string of the molecule is O=C1C(=C2SC(=S)N(c3ccc(F)cc3)C2=O)c2ccccc2N1CN1CCCCC1. The maximum atomic E-state index is 13.5. The highest BCUT2D eigenvalue weighted by Gasteiger charge is 2.42. The van der Waals surface area contributed by atoms with E-state index in [1.807, 2.05) is 24.3 Å². The van der Waals surface area contributed by atoms with E-state index in [0.717, 1.165) is 48.9 Å². The molecule has 2 amide bonds. The number of carbonyl (C=O) groups is 2. The highest BCUT2D eigenvalue weighted by Crippen LogP contribution is 2.45. The van der Waals surface area contributed by atoms with Crippen LogP contribution in [0.1, 0.15) is 24.8 Å². The number of hydrogen-bond donors (Lipinski definition) is 0. The van der Waals surface area contributed by atoms with E-state index in [4.69, 9.17) is 12.2 Å². The standard InChI is InChI=1S/C23H20FN3O2S2/c24-15-8-10-16(11-9-15)27-22(29)20(31-23(27)30)19-17-6-2-3-7-18(17)26(21(19)28)14-25-12-4-1-5-13-25/h2-3,6-11H,1,4-5,12-14H2. The van der Waals surface area contributed by atoms with Gasteiger partial charge in [-0.05, 0) is 56.3 Å². The normalized spacial score (nSPS) is 21.9. The van der Waals surface area contributed by atoms with Gasteiger partial charge in [-0.1, -0.05) is 48.6 Å². The topological polar surface area (TPSA) is 43.9 Å². The molecule has 0 N–H and O–H groups in total. The zero-order valence-corrected chi connectivity index (χ0v) is 18.3. The average molecular weight is 454 g/mol. The quantitative estimate of drug-likeness (QED) is 0.509. The highest BCUT2D eigenvalue weighted by molar-refractivity contribution is 8.27. The molecule has 3 heterocycles. The summed E-state index contributed by atoms with van der Waals surface area (Å²) in [6, 6.07) is 13.2. The van der Waals surface area contributed by atoms with Crippen LogP contribution in [0.2, 0.25) is 0 Å². The van der Waals surface area contributed by atoms with Crippen LogP contribution in [0.15, 0.2) is 53.4 Å². The summed E-state index contributed by atoms with van der Waals surface area (Å²) in [6.07, 6.45) is 3.48. The molecule has 2 aromatic carbocycles. The van der Waals surface area contributed by atoms with Crippen molar-refractivity contribution >= 4 is 57.1 Å². The molecule has 0 aromatic heterocycles. The van der Waals surface area contributed by atoms with Crippen LogP contribution in [0.4, 0.5) is 15.8 Å². The summed E-state index contributed by atoms with van der Waals surface area (Å²) in [4.78, 5) is 32.6. The van der Waals surface area contributed by atoms with Crippen molar-refractivity contribution in [3.8, 4) is 0 Å². The summed E-state index contributed by atoms with van der Waals surface area (Å²) < 4.78 is 13.7. The minimum atomic E-state index is -0.388. The molecule has 8 heteroatoms. The molecule has 3 aliphatic rings. The van der Waals surface area contributed by atoms with Gasteiger partial charge in [0.2, 0.25) is 0 Å². The van der Waals surface area contributed by atoms with Gasteiger partial charge in [0.1, 0.15) is 5.82 Å². The van der Waals surface area contributed by atoms with Crippen LogP contribution in [0.5, 0.6) is 0 Å². The van der Waals surface area contributed by atoms with Gasteiger partial charge in [0.15, 0.2) is 4.32 Å². The number of likely N-dealkylation sites (tertiary alicyclic amines) is 1. The summed E-state index contributed by atoms with van der Waals surface area (Å²) in [6.45, 7) is 2.44. The van der Waals surface area contributed by atoms with E-state index in [1.165, 1.54) is 35.6 Å². The number of para-hydroxylation sites is 1. The molecule has 0 bridgehead atoms. The fourth-order valence-electron chi connectivity index (χ4n) is 4.27. The molecule has 158 valence electrons. The number of benzene rings is 2. The van der Waals surface area contributed by atoms with E-state index >= 15 is 0 Å². The number of rotatable bonds is 3. The van der Waals surface area contributed by atoms with Crippen molar-refractivity contribution in [1.82, 2.24) is 4.90 Å². The summed E-state index contributed by atoms with van der Waals surface area (Å²) in [5.41, 5.74) is 2.46. The van der Waals surface area contributed by atoms with Crippen LogP contribution in [-0.2, 0) is 9.59 Å². The number of amides is 2. The lowest BCUT2D eigenvalue weighted by atomic mass is 10.1. The van der Waals surface area contributed by atoms with Gasteiger partial charge < -0.3 is 0 Å². The molecule has 0 saturated carbocycles. The van der Waals surface area contributed by atoms with Crippen molar-refractivity contribution in [1.29, 1.82) is 0 Å². The van der Waals surface area contributed by atoms with Crippen LogP contribution >= 0.6 is 24.0 Å². The third kappa shape index (κ3) is 3.58. The molecule has 2 fully saturated rings. The number of hydrogen-bond acceptors (Lipinski definition) is 5. The molecule has 3 aliphatic heterocycles. The fraction of sp³-hybridized carbons (Fsp3) is 0.261. The maximum Gasteiger partial charge on any atom is 0.271 e. The Kier molecular flexibility index (Phi) is 5.37. The Morgan fingerprint density at radius 1 is 0.935 bits per heavy atom. The molecule has 0 atom stereocenters. The van der Waals surface area contributed by atoms with E-state index in [-0.39, 0.29) is 17.6 Å². The first-order valence-electron chi connectivity index (χ1n) is 10.2. The number of anilines is 2. The van der Waals surface area contributed by atoms with Crippen LogP contribution in [0, 0.1) is 5.82 Å². The maximum absolute atomic E-state index is 13.5. The molecule has 2 aromatic rings. The zero-order chi connectivity index (χ0) is 21.5. The van der Waals surface area contributed by atoms with Crippen LogP contribution in [0.3, 0.4) is 0 Å². The number of carbonyl (C=O) groups excluding carboxylic acids is 2. The van der Waals surface area contributed by atoms with E-state index in [0.29, 0.717) is 27.2 Å². The molecule has 2 saturated heterocycles. The first kappa shape index (κ1) is 20.4. The fourth-order valence-corrected chi connectivity index (χ4v) is 5.64. The lowest BCUT2D eigenvalue weighted by molar-refractivity contribution is -0.115. The molecular formula is C23H20FN3O2S2. The van der Waals surface area contributed by atoms with Gasteiger partial charge in [-0.25, -0.2) is 4.39 Å². The molecule has 5 rings (SSSR count). The summed E-state index contributed by atoms with van der Waals surface area (Å²) in [7, 11) is 0. The smallest absolute Gasteiger partial charge is 0.271 e. The summed E-state index contributed by atoms with van der Waals surface area (Å²) in [5.74, 6) is -0.910. The van der Waals surface area contributed by atoms with Crippen LogP contribution in [-0.4, -0.2) is 40.8 Å². The second-order valence-electron chi connectivity index (χ2n) is 7.76. The molecule has 31 heavy (non-hydrogen) atoms. The third-order valence-electron chi connectivity index (χ3n) is 5.79. The van der Waals surface area contributed by atoms with Gasteiger partial charge in [0, 0.05) is 5.56 Å². The van der Waals surface area contributed by atoms with Gasteiger partial charge in [0.25, 0.3) is 11.8 Å². The predicted molar refractivity (Wildman–Crippen MR) is 125 cm³/mol.